The van der Waals surface area contributed by atoms with Gasteiger partial charge < -0.3 is 25.0 Å². The highest BCUT2D eigenvalue weighted by atomic mass is 35.5. The Morgan fingerprint density at radius 3 is 2.17 bits per heavy atom. The van der Waals surface area contributed by atoms with Crippen molar-refractivity contribution in [3.8, 4) is 5.75 Å². The number of hydrogen-bond donors (Lipinski definition) is 3. The number of ketones is 1. The Morgan fingerprint density at radius 1 is 0.931 bits per heavy atom. The van der Waals surface area contributed by atoms with Crippen LogP contribution in [0.4, 0.5) is 0 Å². The van der Waals surface area contributed by atoms with E-state index in [9.17, 15) is 29.7 Å². The molecule has 0 amide bonds. The second-order valence-corrected chi connectivity index (χ2v) is 22.3. The van der Waals surface area contributed by atoms with Crippen molar-refractivity contribution in [3.63, 3.8) is 0 Å². The first-order valence-electron chi connectivity index (χ1n) is 22.1. The molecule has 9 unspecified atom stereocenters. The minimum Gasteiger partial charge on any atom is -0.508 e. The van der Waals surface area contributed by atoms with Crippen molar-refractivity contribution in [2.45, 2.75) is 145 Å². The van der Waals surface area contributed by atoms with Crippen LogP contribution in [-0.2, 0) is 25.7 Å². The number of nitrogens with zero attached hydrogens (tertiary/aromatic N) is 2. The molecule has 324 valence electrons. The van der Waals surface area contributed by atoms with Crippen LogP contribution in [0.15, 0.2) is 29.3 Å². The average Bonchev–Trinajstić information content (AvgIpc) is 3.43. The molecule has 10 heteroatoms. The number of phenolic OH excluding ortho intramolecular Hbond substituents is 1. The number of aromatic hydroxyl groups is 1. The van der Waals surface area contributed by atoms with E-state index in [0.29, 0.717) is 42.3 Å². The van der Waals surface area contributed by atoms with Gasteiger partial charge in [-0.15, -0.1) is 0 Å². The zero-order valence-electron chi connectivity index (χ0n) is 37.3. The molecule has 58 heavy (non-hydrogen) atoms. The van der Waals surface area contributed by atoms with E-state index in [1.54, 1.807) is 26.0 Å². The Kier molecular flexibility index (Phi) is 12.3. The predicted octanol–water partition coefficient (Wildman–Crippen LogP) is 9.16. The molecule has 5 aliphatic carbocycles. The van der Waals surface area contributed by atoms with Crippen molar-refractivity contribution in [2.75, 3.05) is 33.7 Å². The number of carboxylic acids is 1. The fourth-order valence-electron chi connectivity index (χ4n) is 14.1. The second-order valence-electron chi connectivity index (χ2n) is 21.9. The average molecular weight is 826 g/mol. The van der Waals surface area contributed by atoms with Gasteiger partial charge in [0.1, 0.15) is 11.9 Å². The maximum absolute atomic E-state index is 14.4. The predicted molar refractivity (Wildman–Crippen MR) is 228 cm³/mol. The first kappa shape index (κ1) is 45.1. The molecule has 9 nitrogen and oxygen atoms in total. The normalized spacial score (nSPS) is 35.1. The zero-order chi connectivity index (χ0) is 43.0. The molecule has 9 atom stereocenters. The second kappa shape index (κ2) is 15.8. The minimum atomic E-state index is -1.18. The van der Waals surface area contributed by atoms with Gasteiger partial charge in [0.2, 0.25) is 0 Å². The molecule has 0 radical (unpaired) electrons. The maximum Gasteiger partial charge on any atom is 0.309 e. The van der Waals surface area contributed by atoms with Gasteiger partial charge in [0, 0.05) is 48.5 Å². The van der Waals surface area contributed by atoms with Crippen LogP contribution >= 0.6 is 11.6 Å². The molecular weight excluding hydrogens is 752 g/mol. The van der Waals surface area contributed by atoms with Crippen molar-refractivity contribution in [1.29, 1.82) is 0 Å². The Morgan fingerprint density at radius 2 is 1.55 bits per heavy atom. The number of ether oxygens (including phenoxy) is 1. The number of aliphatic hydroxyl groups is 1. The number of esters is 1. The molecule has 0 bridgehead atoms. The summed E-state index contributed by atoms with van der Waals surface area (Å²) in [5.74, 6) is 0.141. The van der Waals surface area contributed by atoms with Crippen LogP contribution in [0.5, 0.6) is 5.75 Å². The lowest BCUT2D eigenvalue weighted by Crippen LogP contribution is -2.65. The lowest BCUT2D eigenvalue weighted by Gasteiger charge is -2.71. The Labute approximate surface area is 353 Å². The van der Waals surface area contributed by atoms with Gasteiger partial charge in [0.15, 0.2) is 5.78 Å². The van der Waals surface area contributed by atoms with E-state index >= 15 is 0 Å². The summed E-state index contributed by atoms with van der Waals surface area (Å²) < 4.78 is 6.19. The number of hydrogen-bond acceptors (Lipinski definition) is 8. The number of halogens is 1. The van der Waals surface area contributed by atoms with Gasteiger partial charge >= 0.3 is 11.9 Å². The molecule has 1 aromatic carbocycles. The molecule has 0 saturated heterocycles. The Hall–Kier alpha value is -2.46. The summed E-state index contributed by atoms with van der Waals surface area (Å²) >= 11 is 6.62. The van der Waals surface area contributed by atoms with Gasteiger partial charge in [-0.1, -0.05) is 66.1 Å². The van der Waals surface area contributed by atoms with E-state index in [-0.39, 0.29) is 51.6 Å². The monoisotopic (exact) mass is 825 g/mol. The van der Waals surface area contributed by atoms with Crippen LogP contribution < -0.4 is 0 Å². The molecule has 4 fully saturated rings. The van der Waals surface area contributed by atoms with Crippen LogP contribution in [-0.4, -0.2) is 88.8 Å². The number of carboxylic acid groups (broad SMARTS) is 1. The number of phenols is 1. The lowest BCUT2D eigenvalue weighted by atomic mass is 9.34. The zero-order valence-corrected chi connectivity index (χ0v) is 38.1. The number of fused-ring (bicyclic) bond motifs is 7. The minimum absolute atomic E-state index is 0.0363. The van der Waals surface area contributed by atoms with E-state index in [1.165, 1.54) is 5.57 Å². The van der Waals surface area contributed by atoms with E-state index in [4.69, 9.17) is 16.3 Å². The van der Waals surface area contributed by atoms with Crippen LogP contribution in [0.2, 0.25) is 5.02 Å². The molecular formula is C48H73ClN2O7. The van der Waals surface area contributed by atoms with Gasteiger partial charge in [-0.2, -0.15) is 0 Å². The molecule has 4 saturated carbocycles. The highest BCUT2D eigenvalue weighted by molar-refractivity contribution is 6.31. The molecule has 6 rings (SSSR count). The third-order valence-corrected chi connectivity index (χ3v) is 17.3. The molecule has 0 heterocycles. The highest BCUT2D eigenvalue weighted by Crippen LogP contribution is 2.76. The molecule has 1 aromatic rings. The van der Waals surface area contributed by atoms with Crippen LogP contribution in [0.1, 0.15) is 132 Å². The smallest absolute Gasteiger partial charge is 0.309 e. The number of carbonyl (C=O) groups excluding carboxylic acids is 2. The summed E-state index contributed by atoms with van der Waals surface area (Å²) in [7, 11) is 4.10. The summed E-state index contributed by atoms with van der Waals surface area (Å²) in [5.41, 5.74) is 0.892. The third-order valence-electron chi connectivity index (χ3n) is 16.9. The van der Waals surface area contributed by atoms with Crippen molar-refractivity contribution in [3.05, 3.63) is 39.9 Å². The molecule has 0 spiro atoms. The van der Waals surface area contributed by atoms with Gasteiger partial charge in [-0.05, 0) is 148 Å². The fourth-order valence-corrected chi connectivity index (χ4v) is 14.3. The van der Waals surface area contributed by atoms with Gasteiger partial charge in [0.25, 0.3) is 0 Å². The van der Waals surface area contributed by atoms with Gasteiger partial charge in [0.05, 0.1) is 17.9 Å². The summed E-state index contributed by atoms with van der Waals surface area (Å²) in [6, 6.07) is 5.09. The summed E-state index contributed by atoms with van der Waals surface area (Å²) in [5, 5.41) is 32.9. The summed E-state index contributed by atoms with van der Waals surface area (Å²) in [6.45, 7) is 22.0. The van der Waals surface area contributed by atoms with Crippen molar-refractivity contribution in [1.82, 2.24) is 9.80 Å². The van der Waals surface area contributed by atoms with Crippen LogP contribution in [0, 0.1) is 56.2 Å². The third kappa shape index (κ3) is 7.59. The number of rotatable bonds is 13. The fraction of sp³-hybridized carbons (Fsp3) is 0.771. The number of carbonyl (C=O) groups is 3. The number of benzene rings is 1. The summed E-state index contributed by atoms with van der Waals surface area (Å²) in [6.07, 6.45) is 6.80. The molecule has 5 aliphatic rings. The van der Waals surface area contributed by atoms with Crippen molar-refractivity contribution in [2.24, 2.45) is 56.2 Å². The van der Waals surface area contributed by atoms with E-state index in [2.05, 4.69) is 58.3 Å². The van der Waals surface area contributed by atoms with Crippen LogP contribution in [0.25, 0.3) is 0 Å². The van der Waals surface area contributed by atoms with Crippen LogP contribution in [0.3, 0.4) is 0 Å². The summed E-state index contributed by atoms with van der Waals surface area (Å²) in [4.78, 5) is 43.7. The standard InChI is InChI=1S/C48H73ClN2O7/c1-29(2)40-33(53)25-48(37(54)28-51(23-22-50(10)11)27-30-12-13-31(52)24-32(30)49)21-16-36-46(8)18-14-34-44(5,6)38(58-39(55)26-43(3,4)42(56)57)17-20-45(34,7)35(46)15-19-47(36,9)41(40)48/h12-13,24,29,34-38,52,54H,14-23,25-28H2,1-11H3,(H,56,57). The van der Waals surface area contributed by atoms with E-state index < -0.39 is 28.9 Å². The topological polar surface area (TPSA) is 128 Å². The largest absolute Gasteiger partial charge is 0.508 e. The first-order valence-corrected chi connectivity index (χ1v) is 22.4. The maximum atomic E-state index is 14.4. The number of Topliss-reactive ketones (excluding diaryl/α,β-unsaturated/α-hetero) is 1. The van der Waals surface area contributed by atoms with E-state index in [0.717, 1.165) is 75.6 Å². The lowest BCUT2D eigenvalue weighted by molar-refractivity contribution is -0.224. The molecule has 0 aromatic heterocycles. The number of aliphatic hydroxyl groups excluding tert-OH is 1. The number of allylic oxidation sites excluding steroid dienone is 1. The quantitative estimate of drug-likeness (QED) is 0.167. The number of likely N-dealkylation sites (N-methyl/N-ethyl adjacent to an activating group) is 1. The Bertz CT molecular complexity index is 1800. The van der Waals surface area contributed by atoms with Crippen molar-refractivity contribution < 1.29 is 34.4 Å². The van der Waals surface area contributed by atoms with Gasteiger partial charge in [-0.25, -0.2) is 0 Å². The number of aliphatic carboxylic acids is 1. The van der Waals surface area contributed by atoms with Crippen molar-refractivity contribution >= 4 is 29.3 Å². The first-order chi connectivity index (χ1) is 26.8. The van der Waals surface area contributed by atoms with E-state index in [1.807, 2.05) is 20.2 Å². The SMILES string of the molecule is CC(C)C1=C2C3(C)CCC4C(C)(CCC5C(C)(C)C(OC(=O)CC(C)(C)C(=O)O)CCC54C)C3CCC2(C(O)CN(CCN(C)C)Cc2ccc(O)cc2Cl)CC1=O. The highest BCUT2D eigenvalue weighted by Gasteiger charge is 2.70. The molecule has 0 aliphatic heterocycles. The molecule has 3 N–H and O–H groups in total. The van der Waals surface area contributed by atoms with Gasteiger partial charge in [-0.3, -0.25) is 19.3 Å². The Balaban J connectivity index is 1.29.